The molecule has 0 radical (unpaired) electrons. The number of halogens is 1. The molecule has 0 saturated carbocycles. The topological polar surface area (TPSA) is 9.23 Å². The van der Waals surface area contributed by atoms with E-state index in [-0.39, 0.29) is 0 Å². The van der Waals surface area contributed by atoms with E-state index < -0.39 is 0 Å². The Labute approximate surface area is 82.9 Å². The van der Waals surface area contributed by atoms with Crippen LogP contribution < -0.4 is 4.74 Å². The van der Waals surface area contributed by atoms with E-state index in [1.54, 1.807) is 7.11 Å². The smallest absolute Gasteiger partial charge is 0.121 e. The second-order valence-corrected chi connectivity index (χ2v) is 3.03. The van der Waals surface area contributed by atoms with Crippen molar-refractivity contribution >= 4 is 15.9 Å². The van der Waals surface area contributed by atoms with E-state index in [2.05, 4.69) is 15.9 Å². The first-order chi connectivity index (χ1) is 5.74. The predicted octanol–water partition coefficient (Wildman–Crippen LogP) is 3.79. The number of rotatable bonds is 1. The van der Waals surface area contributed by atoms with Crippen LogP contribution in [0.25, 0.3) is 0 Å². The molecule has 0 bridgehead atoms. The van der Waals surface area contributed by atoms with E-state index in [1.807, 2.05) is 39.0 Å². The van der Waals surface area contributed by atoms with Crippen molar-refractivity contribution in [1.82, 2.24) is 0 Å². The molecule has 1 rings (SSSR count). The maximum atomic E-state index is 5.08. The average molecular weight is 231 g/mol. The molecule has 0 aliphatic carbocycles. The van der Waals surface area contributed by atoms with Gasteiger partial charge in [-0.05, 0) is 30.7 Å². The molecule has 0 atom stereocenters. The van der Waals surface area contributed by atoms with E-state index in [4.69, 9.17) is 4.74 Å². The summed E-state index contributed by atoms with van der Waals surface area (Å²) in [7, 11) is 1.68. The van der Waals surface area contributed by atoms with E-state index in [9.17, 15) is 0 Å². The van der Waals surface area contributed by atoms with E-state index in [1.165, 1.54) is 0 Å². The van der Waals surface area contributed by atoms with E-state index in [0.717, 1.165) is 15.8 Å². The van der Waals surface area contributed by atoms with Gasteiger partial charge < -0.3 is 4.74 Å². The van der Waals surface area contributed by atoms with Crippen LogP contribution in [0, 0.1) is 6.92 Å². The predicted molar refractivity (Wildman–Crippen MR) is 56.8 cm³/mol. The highest BCUT2D eigenvalue weighted by molar-refractivity contribution is 9.10. The molecule has 0 heterocycles. The second kappa shape index (κ2) is 6.06. The average Bonchev–Trinajstić information content (AvgIpc) is 2.08. The molecular weight excluding hydrogens is 216 g/mol. The number of benzene rings is 1. The Balaban J connectivity index is 0.000000561. The van der Waals surface area contributed by atoms with Crippen LogP contribution in [0.5, 0.6) is 5.75 Å². The highest BCUT2D eigenvalue weighted by Crippen LogP contribution is 2.21. The lowest BCUT2D eigenvalue weighted by Crippen LogP contribution is -1.85. The fourth-order valence-electron chi connectivity index (χ4n) is 0.842. The minimum atomic E-state index is 0.934. The van der Waals surface area contributed by atoms with Gasteiger partial charge in [-0.1, -0.05) is 29.8 Å². The van der Waals surface area contributed by atoms with Gasteiger partial charge in [0, 0.05) is 4.47 Å². The van der Waals surface area contributed by atoms with Crippen molar-refractivity contribution in [2.45, 2.75) is 20.8 Å². The number of hydrogen-bond acceptors (Lipinski definition) is 1. The van der Waals surface area contributed by atoms with Gasteiger partial charge in [0.25, 0.3) is 0 Å². The van der Waals surface area contributed by atoms with Gasteiger partial charge in [0.2, 0.25) is 0 Å². The largest absolute Gasteiger partial charge is 0.496 e. The lowest BCUT2D eigenvalue weighted by atomic mass is 10.2. The SMILES string of the molecule is CC.COc1ccc(Br)cc1C. The van der Waals surface area contributed by atoms with Gasteiger partial charge in [-0.2, -0.15) is 0 Å². The summed E-state index contributed by atoms with van der Waals surface area (Å²) in [6, 6.07) is 5.93. The lowest BCUT2D eigenvalue weighted by Gasteiger charge is -2.02. The van der Waals surface area contributed by atoms with Crippen molar-refractivity contribution in [3.8, 4) is 5.75 Å². The monoisotopic (exact) mass is 230 g/mol. The van der Waals surface area contributed by atoms with Crippen molar-refractivity contribution < 1.29 is 4.74 Å². The molecular formula is C10H15BrO. The number of ether oxygens (including phenoxy) is 1. The van der Waals surface area contributed by atoms with Crippen LogP contribution in [0.15, 0.2) is 22.7 Å². The standard InChI is InChI=1S/C8H9BrO.C2H6/c1-6-5-7(9)3-4-8(6)10-2;1-2/h3-5H,1-2H3;1-2H3. The van der Waals surface area contributed by atoms with Crippen LogP contribution in [-0.4, -0.2) is 7.11 Å². The van der Waals surface area contributed by atoms with Crippen molar-refractivity contribution in [3.05, 3.63) is 28.2 Å². The quantitative estimate of drug-likeness (QED) is 0.714. The van der Waals surface area contributed by atoms with Gasteiger partial charge in [0.05, 0.1) is 7.11 Å². The molecule has 2 heteroatoms. The van der Waals surface area contributed by atoms with Crippen LogP contribution >= 0.6 is 15.9 Å². The Hall–Kier alpha value is -0.500. The second-order valence-electron chi connectivity index (χ2n) is 2.11. The Morgan fingerprint density at radius 1 is 1.25 bits per heavy atom. The molecule has 0 N–H and O–H groups in total. The van der Waals surface area contributed by atoms with Crippen molar-refractivity contribution in [3.63, 3.8) is 0 Å². The first kappa shape index (κ1) is 11.5. The van der Waals surface area contributed by atoms with Gasteiger partial charge in [-0.3, -0.25) is 0 Å². The molecule has 1 aromatic carbocycles. The van der Waals surface area contributed by atoms with Crippen molar-refractivity contribution in [2.75, 3.05) is 7.11 Å². The molecule has 0 aromatic heterocycles. The van der Waals surface area contributed by atoms with Crippen LogP contribution in [0.4, 0.5) is 0 Å². The molecule has 0 fully saturated rings. The van der Waals surface area contributed by atoms with Crippen molar-refractivity contribution in [1.29, 1.82) is 0 Å². The highest BCUT2D eigenvalue weighted by Gasteiger charge is 1.95. The molecule has 1 aromatic rings. The van der Waals surface area contributed by atoms with E-state index >= 15 is 0 Å². The maximum Gasteiger partial charge on any atom is 0.121 e. The zero-order valence-electron chi connectivity index (χ0n) is 8.02. The van der Waals surface area contributed by atoms with Gasteiger partial charge in [0.15, 0.2) is 0 Å². The third kappa shape index (κ3) is 3.26. The van der Waals surface area contributed by atoms with Gasteiger partial charge in [0.1, 0.15) is 5.75 Å². The summed E-state index contributed by atoms with van der Waals surface area (Å²) in [6.07, 6.45) is 0. The first-order valence-corrected chi connectivity index (χ1v) is 4.83. The van der Waals surface area contributed by atoms with Gasteiger partial charge in [-0.25, -0.2) is 0 Å². The summed E-state index contributed by atoms with van der Waals surface area (Å²) in [6.45, 7) is 6.02. The minimum absolute atomic E-state index is 0.934. The molecule has 1 nitrogen and oxygen atoms in total. The molecule has 0 amide bonds. The third-order valence-electron chi connectivity index (χ3n) is 1.36. The fraction of sp³-hybridized carbons (Fsp3) is 0.400. The van der Waals surface area contributed by atoms with E-state index in [0.29, 0.717) is 0 Å². The molecule has 0 spiro atoms. The molecule has 12 heavy (non-hydrogen) atoms. The van der Waals surface area contributed by atoms with Gasteiger partial charge in [-0.15, -0.1) is 0 Å². The molecule has 0 saturated heterocycles. The number of hydrogen-bond donors (Lipinski definition) is 0. The summed E-state index contributed by atoms with van der Waals surface area (Å²) < 4.78 is 6.17. The Bertz CT molecular complexity index is 233. The fourth-order valence-corrected chi connectivity index (χ4v) is 1.32. The van der Waals surface area contributed by atoms with Crippen LogP contribution in [-0.2, 0) is 0 Å². The summed E-state index contributed by atoms with van der Waals surface area (Å²) in [5.74, 6) is 0.934. The molecule has 68 valence electrons. The molecule has 0 aliphatic heterocycles. The highest BCUT2D eigenvalue weighted by atomic mass is 79.9. The third-order valence-corrected chi connectivity index (χ3v) is 1.85. The minimum Gasteiger partial charge on any atom is -0.496 e. The first-order valence-electron chi connectivity index (χ1n) is 4.04. The number of aryl methyl sites for hydroxylation is 1. The summed E-state index contributed by atoms with van der Waals surface area (Å²) in [4.78, 5) is 0. The van der Waals surface area contributed by atoms with Gasteiger partial charge >= 0.3 is 0 Å². The number of methoxy groups -OCH3 is 1. The maximum absolute atomic E-state index is 5.08. The summed E-state index contributed by atoms with van der Waals surface area (Å²) in [5, 5.41) is 0. The molecule has 0 aliphatic rings. The zero-order valence-corrected chi connectivity index (χ0v) is 9.60. The Morgan fingerprint density at radius 2 is 1.83 bits per heavy atom. The van der Waals surface area contributed by atoms with Crippen molar-refractivity contribution in [2.24, 2.45) is 0 Å². The Morgan fingerprint density at radius 3 is 2.25 bits per heavy atom. The zero-order chi connectivity index (χ0) is 9.56. The van der Waals surface area contributed by atoms with Crippen LogP contribution in [0.2, 0.25) is 0 Å². The van der Waals surface area contributed by atoms with Crippen LogP contribution in [0.1, 0.15) is 19.4 Å². The summed E-state index contributed by atoms with van der Waals surface area (Å²) in [5.41, 5.74) is 1.15. The normalized spacial score (nSPS) is 8.42. The Kier molecular flexibility index (Phi) is 5.81. The van der Waals surface area contributed by atoms with Crippen LogP contribution in [0.3, 0.4) is 0 Å². The molecule has 0 unspecified atom stereocenters. The lowest BCUT2D eigenvalue weighted by molar-refractivity contribution is 0.411. The summed E-state index contributed by atoms with van der Waals surface area (Å²) >= 11 is 3.37.